The summed E-state index contributed by atoms with van der Waals surface area (Å²) in [7, 11) is 1.80. The fraction of sp³-hybridized carbons (Fsp3) is 0.286. The average molecular weight is 228 g/mol. The maximum Gasteiger partial charge on any atom is 0.196 e. The Kier molecular flexibility index (Phi) is 3.09. The van der Waals surface area contributed by atoms with Crippen molar-refractivity contribution in [2.75, 3.05) is 0 Å². The normalized spacial score (nSPS) is 10.8. The maximum atomic E-state index is 12.1. The van der Waals surface area contributed by atoms with Crippen LogP contribution in [0, 0.1) is 0 Å². The van der Waals surface area contributed by atoms with Gasteiger partial charge >= 0.3 is 0 Å². The monoisotopic (exact) mass is 228 g/mol. The topological polar surface area (TPSA) is 34.9 Å². The molecule has 0 atom stereocenters. The van der Waals surface area contributed by atoms with Crippen LogP contribution >= 0.6 is 0 Å². The molecule has 0 spiro atoms. The molecule has 0 radical (unpaired) electrons. The SMILES string of the molecule is CC(C)c1ccc(C(=O)c2cnn(C)c2)cc1. The minimum Gasteiger partial charge on any atom is -0.288 e. The van der Waals surface area contributed by atoms with Gasteiger partial charge in [0.2, 0.25) is 0 Å². The van der Waals surface area contributed by atoms with E-state index in [1.165, 1.54) is 5.56 Å². The van der Waals surface area contributed by atoms with Crippen molar-refractivity contribution in [2.45, 2.75) is 19.8 Å². The molecule has 1 aromatic heterocycles. The molecule has 1 heterocycles. The number of hydrogen-bond donors (Lipinski definition) is 0. The van der Waals surface area contributed by atoms with Crippen LogP contribution in [0.1, 0.15) is 41.3 Å². The first-order valence-corrected chi connectivity index (χ1v) is 5.71. The minimum atomic E-state index is 0.0217. The third-order valence-electron chi connectivity index (χ3n) is 2.81. The standard InChI is InChI=1S/C14H16N2O/c1-10(2)11-4-6-12(7-5-11)14(17)13-8-15-16(3)9-13/h4-10H,1-3H3. The molecule has 1 aromatic carbocycles. The second-order valence-electron chi connectivity index (χ2n) is 4.51. The van der Waals surface area contributed by atoms with Crippen molar-refractivity contribution >= 4 is 5.78 Å². The predicted molar refractivity (Wildman–Crippen MR) is 67.2 cm³/mol. The van der Waals surface area contributed by atoms with Crippen molar-refractivity contribution in [3.8, 4) is 0 Å². The number of benzene rings is 1. The first kappa shape index (κ1) is 11.6. The molecule has 17 heavy (non-hydrogen) atoms. The van der Waals surface area contributed by atoms with Crippen molar-refractivity contribution in [2.24, 2.45) is 7.05 Å². The molecule has 0 saturated heterocycles. The van der Waals surface area contributed by atoms with Crippen molar-refractivity contribution < 1.29 is 4.79 Å². The number of rotatable bonds is 3. The second-order valence-corrected chi connectivity index (χ2v) is 4.51. The number of ketones is 1. The van der Waals surface area contributed by atoms with Gasteiger partial charge in [-0.1, -0.05) is 38.1 Å². The second kappa shape index (κ2) is 4.53. The van der Waals surface area contributed by atoms with Gasteiger partial charge in [-0.2, -0.15) is 5.10 Å². The minimum absolute atomic E-state index is 0.0217. The highest BCUT2D eigenvalue weighted by Crippen LogP contribution is 2.16. The quantitative estimate of drug-likeness (QED) is 0.757. The van der Waals surface area contributed by atoms with E-state index in [2.05, 4.69) is 18.9 Å². The molecule has 3 nitrogen and oxygen atoms in total. The Bertz CT molecular complexity index is 523. The van der Waals surface area contributed by atoms with Crippen LogP contribution in [0.15, 0.2) is 36.7 Å². The summed E-state index contributed by atoms with van der Waals surface area (Å²) in [6.45, 7) is 4.27. The molecular weight excluding hydrogens is 212 g/mol. The lowest BCUT2D eigenvalue weighted by Gasteiger charge is -2.05. The summed E-state index contributed by atoms with van der Waals surface area (Å²) in [5.41, 5.74) is 2.58. The fourth-order valence-electron chi connectivity index (χ4n) is 1.72. The van der Waals surface area contributed by atoms with Crippen LogP contribution in [0.25, 0.3) is 0 Å². The molecule has 0 aliphatic carbocycles. The predicted octanol–water partition coefficient (Wildman–Crippen LogP) is 2.77. The number of carbonyl (C=O) groups excluding carboxylic acids is 1. The zero-order valence-electron chi connectivity index (χ0n) is 10.3. The third-order valence-corrected chi connectivity index (χ3v) is 2.81. The van der Waals surface area contributed by atoms with Gasteiger partial charge in [-0.05, 0) is 11.5 Å². The summed E-state index contributed by atoms with van der Waals surface area (Å²) >= 11 is 0. The van der Waals surface area contributed by atoms with Crippen molar-refractivity contribution in [3.63, 3.8) is 0 Å². The molecule has 0 aliphatic heterocycles. The highest BCUT2D eigenvalue weighted by Gasteiger charge is 2.10. The van der Waals surface area contributed by atoms with Gasteiger partial charge in [0.05, 0.1) is 11.8 Å². The van der Waals surface area contributed by atoms with Gasteiger partial charge in [0.1, 0.15) is 0 Å². The van der Waals surface area contributed by atoms with Crippen LogP contribution in [-0.2, 0) is 7.05 Å². The molecule has 0 fully saturated rings. The van der Waals surface area contributed by atoms with Crippen LogP contribution in [0.2, 0.25) is 0 Å². The van der Waals surface area contributed by atoms with Gasteiger partial charge in [0.25, 0.3) is 0 Å². The lowest BCUT2D eigenvalue weighted by atomic mass is 9.99. The number of aryl methyl sites for hydroxylation is 1. The molecule has 0 amide bonds. The highest BCUT2D eigenvalue weighted by molar-refractivity contribution is 6.08. The summed E-state index contributed by atoms with van der Waals surface area (Å²) in [5.74, 6) is 0.506. The Labute approximate surface area is 101 Å². The summed E-state index contributed by atoms with van der Waals surface area (Å²) in [6.07, 6.45) is 3.33. The first-order valence-electron chi connectivity index (χ1n) is 5.71. The van der Waals surface area contributed by atoms with Gasteiger partial charge in [-0.25, -0.2) is 0 Å². The van der Waals surface area contributed by atoms with Crippen molar-refractivity contribution in [1.29, 1.82) is 0 Å². The van der Waals surface area contributed by atoms with Crippen LogP contribution in [0.4, 0.5) is 0 Å². The van der Waals surface area contributed by atoms with E-state index < -0.39 is 0 Å². The molecule has 88 valence electrons. The Hall–Kier alpha value is -1.90. The molecule has 0 saturated carbocycles. The Morgan fingerprint density at radius 1 is 1.18 bits per heavy atom. The number of carbonyl (C=O) groups is 1. The highest BCUT2D eigenvalue weighted by atomic mass is 16.1. The van der Waals surface area contributed by atoms with E-state index in [1.54, 1.807) is 24.1 Å². The maximum absolute atomic E-state index is 12.1. The average Bonchev–Trinajstić information content (AvgIpc) is 2.75. The number of hydrogen-bond acceptors (Lipinski definition) is 2. The van der Waals surface area contributed by atoms with E-state index in [0.29, 0.717) is 17.0 Å². The van der Waals surface area contributed by atoms with Gasteiger partial charge in [0.15, 0.2) is 5.78 Å². The van der Waals surface area contributed by atoms with E-state index in [1.807, 2.05) is 24.3 Å². The van der Waals surface area contributed by atoms with E-state index >= 15 is 0 Å². The van der Waals surface area contributed by atoms with Crippen LogP contribution in [0.5, 0.6) is 0 Å². The molecule has 0 aliphatic rings. The van der Waals surface area contributed by atoms with Gasteiger partial charge in [-0.3, -0.25) is 9.48 Å². The van der Waals surface area contributed by atoms with E-state index in [9.17, 15) is 4.79 Å². The zero-order valence-corrected chi connectivity index (χ0v) is 10.3. The smallest absolute Gasteiger partial charge is 0.196 e. The lowest BCUT2D eigenvalue weighted by Crippen LogP contribution is -2.00. The van der Waals surface area contributed by atoms with Crippen molar-refractivity contribution in [1.82, 2.24) is 9.78 Å². The lowest BCUT2D eigenvalue weighted by molar-refractivity contribution is 0.103. The summed E-state index contributed by atoms with van der Waals surface area (Å²) < 4.78 is 1.63. The van der Waals surface area contributed by atoms with Gasteiger partial charge in [0, 0.05) is 18.8 Å². The first-order chi connectivity index (χ1) is 8.08. The largest absolute Gasteiger partial charge is 0.288 e. The molecule has 2 rings (SSSR count). The molecule has 2 aromatic rings. The molecule has 0 unspecified atom stereocenters. The van der Waals surface area contributed by atoms with Crippen LogP contribution in [0.3, 0.4) is 0 Å². The van der Waals surface area contributed by atoms with E-state index in [0.717, 1.165) is 0 Å². The van der Waals surface area contributed by atoms with Gasteiger partial charge < -0.3 is 0 Å². The molecule has 0 bridgehead atoms. The van der Waals surface area contributed by atoms with E-state index in [4.69, 9.17) is 0 Å². The summed E-state index contributed by atoms with van der Waals surface area (Å²) in [4.78, 5) is 12.1. The summed E-state index contributed by atoms with van der Waals surface area (Å²) in [5, 5.41) is 4.00. The molecular formula is C14H16N2O. The molecule has 0 N–H and O–H groups in total. The Morgan fingerprint density at radius 3 is 2.29 bits per heavy atom. The van der Waals surface area contributed by atoms with Crippen LogP contribution < -0.4 is 0 Å². The number of nitrogens with zero attached hydrogens (tertiary/aromatic N) is 2. The van der Waals surface area contributed by atoms with Crippen molar-refractivity contribution in [3.05, 3.63) is 53.3 Å². The molecule has 3 heteroatoms. The fourth-order valence-corrected chi connectivity index (χ4v) is 1.72. The number of aromatic nitrogens is 2. The third kappa shape index (κ3) is 2.44. The van der Waals surface area contributed by atoms with E-state index in [-0.39, 0.29) is 5.78 Å². The Balaban J connectivity index is 2.26. The van der Waals surface area contributed by atoms with Gasteiger partial charge in [-0.15, -0.1) is 0 Å². The Morgan fingerprint density at radius 2 is 1.82 bits per heavy atom. The summed E-state index contributed by atoms with van der Waals surface area (Å²) in [6, 6.07) is 7.78. The van der Waals surface area contributed by atoms with Crippen LogP contribution in [-0.4, -0.2) is 15.6 Å². The zero-order chi connectivity index (χ0) is 12.4.